The molecule has 1 amide bonds. The van der Waals surface area contributed by atoms with E-state index >= 15 is 8.78 Å². The largest absolute Gasteiger partial charge is 0.516 e. The first kappa shape index (κ1) is 31.7. The van der Waals surface area contributed by atoms with Gasteiger partial charge in [-0.1, -0.05) is 6.07 Å². The third-order valence-electron chi connectivity index (χ3n) is 6.73. The van der Waals surface area contributed by atoms with E-state index in [2.05, 4.69) is 10.3 Å². The minimum Gasteiger partial charge on any atom is -0.504 e. The van der Waals surface area contributed by atoms with Crippen molar-refractivity contribution in [3.63, 3.8) is 0 Å². The lowest BCUT2D eigenvalue weighted by Crippen LogP contribution is -2.56. The van der Waals surface area contributed by atoms with Gasteiger partial charge in [0.05, 0.1) is 20.1 Å². The molecule has 44 heavy (non-hydrogen) atoms. The summed E-state index contributed by atoms with van der Waals surface area (Å²) in [5.41, 5.74) is 11.4. The van der Waals surface area contributed by atoms with Crippen LogP contribution in [0.15, 0.2) is 42.5 Å². The number of nitrogens with zero attached hydrogens (tertiary/aromatic N) is 2. The summed E-state index contributed by atoms with van der Waals surface area (Å²) in [7, 11) is 1.73. The van der Waals surface area contributed by atoms with Crippen LogP contribution in [0.4, 0.5) is 19.3 Å². The van der Waals surface area contributed by atoms with E-state index in [0.29, 0.717) is 18.8 Å². The van der Waals surface area contributed by atoms with Crippen LogP contribution >= 0.6 is 0 Å². The second kappa shape index (κ2) is 13.0. The smallest absolute Gasteiger partial charge is 0.504 e. The number of quaternary nitrogens is 1. The molecule has 13 nitrogen and oxygen atoms in total. The number of benzene rings is 2. The van der Waals surface area contributed by atoms with Gasteiger partial charge in [-0.2, -0.15) is 18.6 Å². The molecule has 2 heterocycles. The highest BCUT2D eigenvalue weighted by molar-refractivity contribution is 5.95. The Morgan fingerprint density at radius 3 is 2.34 bits per heavy atom. The molecule has 0 aliphatic carbocycles. The van der Waals surface area contributed by atoms with E-state index in [0.717, 1.165) is 0 Å². The number of amidine groups is 1. The first-order valence-corrected chi connectivity index (χ1v) is 13.6. The van der Waals surface area contributed by atoms with Crippen molar-refractivity contribution in [3.05, 3.63) is 59.7 Å². The number of nitrogens with one attached hydrogen (secondary N) is 3. The second-order valence-electron chi connectivity index (χ2n) is 10.6. The minimum atomic E-state index is -1.31. The molecule has 0 bridgehead atoms. The predicted octanol–water partition coefficient (Wildman–Crippen LogP) is 4.77. The van der Waals surface area contributed by atoms with Crippen LogP contribution in [-0.2, 0) is 4.74 Å². The molecule has 4 rings (SSSR count). The van der Waals surface area contributed by atoms with Gasteiger partial charge in [-0.25, -0.2) is 4.48 Å². The first-order valence-electron chi connectivity index (χ1n) is 13.6. The molecular formula is C29H34F2N7O6+. The van der Waals surface area contributed by atoms with Crippen LogP contribution in [-0.4, -0.2) is 64.8 Å². The summed E-state index contributed by atoms with van der Waals surface area (Å²) in [6, 6.07) is 9.75. The van der Waals surface area contributed by atoms with E-state index in [4.69, 9.17) is 41.2 Å². The number of amides is 1. The van der Waals surface area contributed by atoms with Gasteiger partial charge in [-0.05, 0) is 44.2 Å². The average Bonchev–Trinajstić information content (AvgIpc) is 2.95. The van der Waals surface area contributed by atoms with E-state index < -0.39 is 47.1 Å². The molecule has 2 aromatic carbocycles. The van der Waals surface area contributed by atoms with E-state index in [1.807, 2.05) is 0 Å². The number of carbonyl (C=O) groups is 1. The summed E-state index contributed by atoms with van der Waals surface area (Å²) in [6.45, 7) is 4.11. The lowest BCUT2D eigenvalue weighted by Gasteiger charge is -2.37. The number of guanidine groups is 1. The van der Waals surface area contributed by atoms with Crippen molar-refractivity contribution < 1.29 is 42.1 Å². The summed E-state index contributed by atoms with van der Waals surface area (Å²) in [5.74, 6) is -6.27. The standard InChI is InChI=1S/C29H33F2N7O6/c1-15(2)41-29(40)38(3)11-9-18(10-12-38)42-24-22(30)26(43-19-6-4-5-17(14-19)36-28(34)35)37-27(23(24)31)44-21-13-16(25(32)33)7-8-20(21)39/h4-8,13-15,18H,9-12H2,1-3H3,(H7-,32,33,34,35,36,39)/p+1. The van der Waals surface area contributed by atoms with Crippen molar-refractivity contribution >= 4 is 23.6 Å². The summed E-state index contributed by atoms with van der Waals surface area (Å²) in [4.78, 5) is 16.5. The number of pyridine rings is 1. The Kier molecular flexibility index (Phi) is 9.37. The number of phenolic OH excluding ortho intramolecular Hbond substituents is 1. The van der Waals surface area contributed by atoms with Crippen molar-refractivity contribution in [1.82, 2.24) is 4.98 Å². The van der Waals surface area contributed by atoms with Crippen molar-refractivity contribution in [2.75, 3.05) is 25.5 Å². The molecule has 0 radical (unpaired) electrons. The number of aromatic nitrogens is 1. The van der Waals surface area contributed by atoms with Gasteiger partial charge < -0.3 is 40.8 Å². The van der Waals surface area contributed by atoms with Crippen LogP contribution in [0.1, 0.15) is 32.3 Å². The third-order valence-corrected chi connectivity index (χ3v) is 6.73. The second-order valence-corrected chi connectivity index (χ2v) is 10.6. The van der Waals surface area contributed by atoms with Crippen LogP contribution in [0.2, 0.25) is 0 Å². The quantitative estimate of drug-likeness (QED) is 0.111. The zero-order valence-corrected chi connectivity index (χ0v) is 24.3. The van der Waals surface area contributed by atoms with Crippen molar-refractivity contribution in [2.24, 2.45) is 11.5 Å². The number of ether oxygens (including phenoxy) is 4. The number of halogens is 2. The molecule has 1 aliphatic heterocycles. The molecule has 0 spiro atoms. The molecule has 3 aromatic rings. The molecular weight excluding hydrogens is 580 g/mol. The highest BCUT2D eigenvalue weighted by Gasteiger charge is 2.40. The van der Waals surface area contributed by atoms with E-state index in [1.165, 1.54) is 30.3 Å². The highest BCUT2D eigenvalue weighted by Crippen LogP contribution is 2.40. The summed E-state index contributed by atoms with van der Waals surface area (Å²) in [6.07, 6.45) is -0.828. The molecule has 0 saturated carbocycles. The normalized spacial score (nSPS) is 17.9. The van der Waals surface area contributed by atoms with E-state index in [-0.39, 0.29) is 52.3 Å². The van der Waals surface area contributed by atoms with Crippen LogP contribution in [0, 0.1) is 22.5 Å². The maximum atomic E-state index is 15.8. The lowest BCUT2D eigenvalue weighted by atomic mass is 10.1. The molecule has 8 N–H and O–H groups in total. The van der Waals surface area contributed by atoms with Crippen LogP contribution in [0.25, 0.3) is 0 Å². The number of aromatic hydroxyl groups is 1. The van der Waals surface area contributed by atoms with Gasteiger partial charge >= 0.3 is 6.09 Å². The fourth-order valence-electron chi connectivity index (χ4n) is 4.40. The van der Waals surface area contributed by atoms with E-state index in [1.54, 1.807) is 33.0 Å². The Bertz CT molecular complexity index is 1580. The number of anilines is 1. The number of piperidine rings is 1. The zero-order valence-electron chi connectivity index (χ0n) is 24.3. The van der Waals surface area contributed by atoms with E-state index in [9.17, 15) is 9.90 Å². The van der Waals surface area contributed by atoms with Gasteiger partial charge in [0.15, 0.2) is 17.5 Å². The number of hydrogen-bond acceptors (Lipinski definition) is 9. The Morgan fingerprint density at radius 2 is 1.73 bits per heavy atom. The zero-order chi connectivity index (χ0) is 32.2. The first-order chi connectivity index (χ1) is 20.8. The Hall–Kier alpha value is -5.18. The van der Waals surface area contributed by atoms with Gasteiger partial charge in [-0.3, -0.25) is 10.8 Å². The maximum absolute atomic E-state index is 15.8. The van der Waals surface area contributed by atoms with Gasteiger partial charge in [0, 0.05) is 30.2 Å². The summed E-state index contributed by atoms with van der Waals surface area (Å²) < 4.78 is 54.0. The van der Waals surface area contributed by atoms with Crippen LogP contribution in [0.3, 0.4) is 0 Å². The molecule has 0 atom stereocenters. The third kappa shape index (κ3) is 7.42. The number of phenols is 1. The molecule has 15 heteroatoms. The predicted molar refractivity (Wildman–Crippen MR) is 157 cm³/mol. The number of rotatable bonds is 9. The number of hydrogen-bond donors (Lipinski definition) is 6. The van der Waals surface area contributed by atoms with Gasteiger partial charge in [0.2, 0.25) is 17.4 Å². The molecule has 0 unspecified atom stereocenters. The Labute approximate surface area is 251 Å². The fourth-order valence-corrected chi connectivity index (χ4v) is 4.40. The molecule has 1 aromatic heterocycles. The van der Waals surface area contributed by atoms with Crippen LogP contribution in [0.5, 0.6) is 34.8 Å². The molecule has 1 saturated heterocycles. The molecule has 234 valence electrons. The average molecular weight is 615 g/mol. The van der Waals surface area contributed by atoms with Gasteiger partial charge in [-0.15, -0.1) is 0 Å². The topological polar surface area (TPSA) is 199 Å². The number of nitrogen functional groups attached to an aromatic ring is 1. The fraction of sp³-hybridized carbons (Fsp3) is 0.310. The number of likely N-dealkylation sites (tertiary alicyclic amines) is 1. The number of nitrogens with two attached hydrogens (primary N) is 2. The number of carbonyl (C=O) groups excluding carboxylic acids is 1. The van der Waals surface area contributed by atoms with Gasteiger partial charge in [0.1, 0.15) is 23.8 Å². The van der Waals surface area contributed by atoms with Crippen LogP contribution < -0.4 is 31.0 Å². The lowest BCUT2D eigenvalue weighted by molar-refractivity contribution is -0.844. The van der Waals surface area contributed by atoms with Crippen molar-refractivity contribution in [2.45, 2.75) is 38.9 Å². The minimum absolute atomic E-state index is 0.0154. The molecule has 1 fully saturated rings. The highest BCUT2D eigenvalue weighted by atomic mass is 19.1. The van der Waals surface area contributed by atoms with Gasteiger partial charge in [0.25, 0.3) is 11.8 Å². The van der Waals surface area contributed by atoms with Crippen molar-refractivity contribution in [3.8, 4) is 34.8 Å². The summed E-state index contributed by atoms with van der Waals surface area (Å²) in [5, 5.41) is 27.9. The Balaban J connectivity index is 1.68. The Morgan fingerprint density at radius 1 is 1.07 bits per heavy atom. The SMILES string of the molecule is CC(C)OC(=O)[N+]1(C)CCC(Oc2c(F)c(Oc3cccc(NC(=N)N)c3)nc(Oc3cc(C(=N)N)ccc3O)c2F)CC1. The maximum Gasteiger partial charge on any atom is 0.516 e. The summed E-state index contributed by atoms with van der Waals surface area (Å²) >= 11 is 0. The van der Waals surface area contributed by atoms with Crippen molar-refractivity contribution in [1.29, 1.82) is 10.8 Å². The molecule has 1 aliphatic rings. The monoisotopic (exact) mass is 614 g/mol.